The highest BCUT2D eigenvalue weighted by molar-refractivity contribution is 5.50. The Kier molecular flexibility index (Phi) is 4.45. The smallest absolute Gasteiger partial charge is 0.268 e. The van der Waals surface area contributed by atoms with Gasteiger partial charge in [0.25, 0.3) is 5.56 Å². The first-order valence-corrected chi connectivity index (χ1v) is 8.30. The van der Waals surface area contributed by atoms with E-state index >= 15 is 0 Å². The fourth-order valence-electron chi connectivity index (χ4n) is 3.00. The molecule has 0 saturated carbocycles. The molecule has 0 bridgehead atoms. The summed E-state index contributed by atoms with van der Waals surface area (Å²) < 4.78 is 12.7. The van der Waals surface area contributed by atoms with Crippen LogP contribution in [0.4, 0.5) is 0 Å². The second kappa shape index (κ2) is 7.04. The fraction of sp³-hybridized carbons (Fsp3) is 0.263. The van der Waals surface area contributed by atoms with Crippen LogP contribution in [0.3, 0.4) is 0 Å². The number of hydrogen-bond donors (Lipinski definition) is 0. The zero-order chi connectivity index (χ0) is 17.1. The van der Waals surface area contributed by atoms with E-state index in [4.69, 9.17) is 9.15 Å². The third kappa shape index (κ3) is 3.55. The molecule has 1 saturated heterocycles. The molecule has 1 aromatic carbocycles. The van der Waals surface area contributed by atoms with Gasteiger partial charge in [-0.1, -0.05) is 30.3 Å². The molecule has 2 aromatic heterocycles. The Labute approximate surface area is 145 Å². The van der Waals surface area contributed by atoms with E-state index in [1.807, 2.05) is 24.3 Å². The molecule has 128 valence electrons. The molecule has 1 fully saturated rings. The molecule has 3 aromatic rings. The number of aromatic nitrogens is 2. The van der Waals surface area contributed by atoms with E-state index in [0.717, 1.165) is 18.7 Å². The second-order valence-electron chi connectivity index (χ2n) is 6.02. The molecule has 25 heavy (non-hydrogen) atoms. The maximum Gasteiger partial charge on any atom is 0.268 e. The first-order chi connectivity index (χ1) is 12.3. The highest BCUT2D eigenvalue weighted by Gasteiger charge is 2.22. The Morgan fingerprint density at radius 1 is 1.08 bits per heavy atom. The molecular weight excluding hydrogens is 318 g/mol. The Hall–Kier alpha value is -2.70. The third-order valence-electron chi connectivity index (χ3n) is 4.30. The Balaban J connectivity index is 1.52. The maximum atomic E-state index is 12.2. The van der Waals surface area contributed by atoms with E-state index < -0.39 is 0 Å². The normalized spacial score (nSPS) is 18.3. The summed E-state index contributed by atoms with van der Waals surface area (Å²) in [5.41, 5.74) is 1.67. The summed E-state index contributed by atoms with van der Waals surface area (Å²) in [4.78, 5) is 14.4. The molecule has 4 rings (SSSR count). The van der Waals surface area contributed by atoms with Crippen molar-refractivity contribution in [1.82, 2.24) is 14.7 Å². The van der Waals surface area contributed by atoms with Gasteiger partial charge >= 0.3 is 0 Å². The van der Waals surface area contributed by atoms with Gasteiger partial charge in [0, 0.05) is 19.2 Å². The van der Waals surface area contributed by atoms with Gasteiger partial charge < -0.3 is 9.15 Å². The zero-order valence-corrected chi connectivity index (χ0v) is 13.7. The van der Waals surface area contributed by atoms with Gasteiger partial charge in [-0.15, -0.1) is 0 Å². The van der Waals surface area contributed by atoms with Gasteiger partial charge in [0.05, 0.1) is 25.6 Å². The standard InChI is InChI=1S/C19H19N3O3/c23-19-9-8-16(17-7-4-11-24-17)20-22(19)14-21-10-12-25-18(13-21)15-5-2-1-3-6-15/h1-9,11,18H,10,12-14H2/t18-/m1/s1. The summed E-state index contributed by atoms with van der Waals surface area (Å²) in [5.74, 6) is 0.651. The van der Waals surface area contributed by atoms with Gasteiger partial charge in [-0.25, -0.2) is 4.68 Å². The van der Waals surface area contributed by atoms with Crippen molar-refractivity contribution in [1.29, 1.82) is 0 Å². The summed E-state index contributed by atoms with van der Waals surface area (Å²) in [6.45, 7) is 2.55. The minimum Gasteiger partial charge on any atom is -0.463 e. The Bertz CT molecular complexity index is 874. The van der Waals surface area contributed by atoms with E-state index in [9.17, 15) is 4.79 Å². The number of morpholine rings is 1. The lowest BCUT2D eigenvalue weighted by Crippen LogP contribution is -2.42. The molecule has 0 spiro atoms. The van der Waals surface area contributed by atoms with Crippen molar-refractivity contribution in [2.24, 2.45) is 0 Å². The Morgan fingerprint density at radius 2 is 1.96 bits per heavy atom. The first-order valence-electron chi connectivity index (χ1n) is 8.30. The van der Waals surface area contributed by atoms with Gasteiger partial charge in [-0.3, -0.25) is 9.69 Å². The second-order valence-corrected chi connectivity index (χ2v) is 6.02. The summed E-state index contributed by atoms with van der Waals surface area (Å²) in [6.07, 6.45) is 1.61. The van der Waals surface area contributed by atoms with Crippen LogP contribution in [-0.4, -0.2) is 34.4 Å². The molecular formula is C19H19N3O3. The number of rotatable bonds is 4. The van der Waals surface area contributed by atoms with Crippen LogP contribution in [0.5, 0.6) is 0 Å². The third-order valence-corrected chi connectivity index (χ3v) is 4.30. The monoisotopic (exact) mass is 337 g/mol. The number of benzene rings is 1. The van der Waals surface area contributed by atoms with Crippen LogP contribution in [0, 0.1) is 0 Å². The summed E-state index contributed by atoms with van der Waals surface area (Å²) >= 11 is 0. The molecule has 0 N–H and O–H groups in total. The van der Waals surface area contributed by atoms with Crippen molar-refractivity contribution >= 4 is 0 Å². The largest absolute Gasteiger partial charge is 0.463 e. The molecule has 3 heterocycles. The number of ether oxygens (including phenoxy) is 1. The van der Waals surface area contributed by atoms with E-state index in [1.165, 1.54) is 10.7 Å². The minimum atomic E-state index is -0.127. The quantitative estimate of drug-likeness (QED) is 0.732. The number of furan rings is 1. The summed E-state index contributed by atoms with van der Waals surface area (Å²) in [7, 11) is 0. The molecule has 1 aliphatic rings. The van der Waals surface area contributed by atoms with Crippen molar-refractivity contribution in [3.8, 4) is 11.5 Å². The topological polar surface area (TPSA) is 60.5 Å². The molecule has 0 unspecified atom stereocenters. The van der Waals surface area contributed by atoms with Crippen molar-refractivity contribution in [3.63, 3.8) is 0 Å². The highest BCUT2D eigenvalue weighted by atomic mass is 16.5. The molecule has 1 aliphatic heterocycles. The van der Waals surface area contributed by atoms with Gasteiger partial charge in [-0.2, -0.15) is 5.10 Å². The van der Waals surface area contributed by atoms with E-state index in [2.05, 4.69) is 22.1 Å². The fourth-order valence-corrected chi connectivity index (χ4v) is 3.00. The van der Waals surface area contributed by atoms with Gasteiger partial charge in [0.1, 0.15) is 5.69 Å². The van der Waals surface area contributed by atoms with Crippen LogP contribution >= 0.6 is 0 Å². The van der Waals surface area contributed by atoms with Crippen LogP contribution < -0.4 is 5.56 Å². The number of nitrogens with zero attached hydrogens (tertiary/aromatic N) is 3. The van der Waals surface area contributed by atoms with Crippen molar-refractivity contribution < 1.29 is 9.15 Å². The minimum absolute atomic E-state index is 0.0129. The van der Waals surface area contributed by atoms with Gasteiger partial charge in [0.15, 0.2) is 5.76 Å². The van der Waals surface area contributed by atoms with Crippen LogP contribution in [0.1, 0.15) is 11.7 Å². The van der Waals surface area contributed by atoms with Crippen LogP contribution in [0.2, 0.25) is 0 Å². The molecule has 6 heteroatoms. The molecule has 0 aliphatic carbocycles. The lowest BCUT2D eigenvalue weighted by molar-refractivity contribution is -0.0421. The van der Waals surface area contributed by atoms with Crippen molar-refractivity contribution in [2.45, 2.75) is 12.8 Å². The highest BCUT2D eigenvalue weighted by Crippen LogP contribution is 2.22. The lowest BCUT2D eigenvalue weighted by atomic mass is 10.1. The average Bonchev–Trinajstić information content (AvgIpc) is 3.19. The van der Waals surface area contributed by atoms with E-state index in [0.29, 0.717) is 24.7 Å². The molecule has 6 nitrogen and oxygen atoms in total. The Morgan fingerprint density at radius 3 is 2.76 bits per heavy atom. The van der Waals surface area contributed by atoms with Gasteiger partial charge in [0.2, 0.25) is 0 Å². The summed E-state index contributed by atoms with van der Waals surface area (Å²) in [6, 6.07) is 17.0. The zero-order valence-electron chi connectivity index (χ0n) is 13.7. The molecule has 0 amide bonds. The first kappa shape index (κ1) is 15.8. The SMILES string of the molecule is O=c1ccc(-c2ccco2)nn1CN1CCO[C@@H](c2ccccc2)C1. The average molecular weight is 337 g/mol. The summed E-state index contributed by atoms with van der Waals surface area (Å²) in [5, 5.41) is 4.43. The predicted molar refractivity (Wildman–Crippen MR) is 92.9 cm³/mol. The van der Waals surface area contributed by atoms with Crippen molar-refractivity contribution in [3.05, 3.63) is 76.8 Å². The molecule has 1 atom stereocenters. The number of hydrogen-bond acceptors (Lipinski definition) is 5. The van der Waals surface area contributed by atoms with Gasteiger partial charge in [-0.05, 0) is 23.8 Å². The van der Waals surface area contributed by atoms with Crippen LogP contribution in [-0.2, 0) is 11.4 Å². The lowest BCUT2D eigenvalue weighted by Gasteiger charge is -2.33. The molecule has 0 radical (unpaired) electrons. The van der Waals surface area contributed by atoms with Crippen LogP contribution in [0.25, 0.3) is 11.5 Å². The maximum absolute atomic E-state index is 12.2. The van der Waals surface area contributed by atoms with E-state index in [-0.39, 0.29) is 11.7 Å². The van der Waals surface area contributed by atoms with Crippen LogP contribution in [0.15, 0.2) is 70.1 Å². The predicted octanol–water partition coefficient (Wildman–Crippen LogP) is 2.53. The van der Waals surface area contributed by atoms with E-state index in [1.54, 1.807) is 18.4 Å². The van der Waals surface area contributed by atoms with Crippen molar-refractivity contribution in [2.75, 3.05) is 19.7 Å².